The molecule has 0 aliphatic rings. The number of rotatable bonds is 5. The van der Waals surface area contributed by atoms with Crippen LogP contribution in [-0.4, -0.2) is 17.1 Å². The van der Waals surface area contributed by atoms with Crippen molar-refractivity contribution in [3.8, 4) is 0 Å². The van der Waals surface area contributed by atoms with Gasteiger partial charge in [0.15, 0.2) is 0 Å². The summed E-state index contributed by atoms with van der Waals surface area (Å²) in [6.45, 7) is 4.39. The molecule has 0 fully saturated rings. The van der Waals surface area contributed by atoms with Crippen LogP contribution in [0.5, 0.6) is 0 Å². The lowest BCUT2D eigenvalue weighted by Gasteiger charge is -2.19. The minimum absolute atomic E-state index is 0.0359. The molecule has 0 saturated heterocycles. The zero-order valence-corrected chi connectivity index (χ0v) is 13.4. The third kappa shape index (κ3) is 3.06. The molecule has 0 unspecified atom stereocenters. The van der Waals surface area contributed by atoms with Crippen LogP contribution in [0.4, 0.5) is 0 Å². The maximum atomic E-state index is 11.4. The minimum Gasteiger partial charge on any atom is -0.480 e. The fraction of sp³-hybridized carbons (Fsp3) is 0.250. The van der Waals surface area contributed by atoms with E-state index in [1.807, 2.05) is 38.1 Å². The van der Waals surface area contributed by atoms with Crippen molar-refractivity contribution in [1.29, 1.82) is 0 Å². The van der Waals surface area contributed by atoms with Crippen LogP contribution in [0.1, 0.15) is 19.4 Å². The van der Waals surface area contributed by atoms with Crippen LogP contribution >= 0.6 is 0 Å². The number of carbonyl (C=O) groups is 1. The van der Waals surface area contributed by atoms with Crippen molar-refractivity contribution >= 4 is 27.5 Å². The molecule has 0 aliphatic carbocycles. The van der Waals surface area contributed by atoms with Gasteiger partial charge in [-0.2, -0.15) is 0 Å². The Morgan fingerprint density at radius 3 is 2.00 bits per heavy atom. The van der Waals surface area contributed by atoms with Gasteiger partial charge in [0.05, 0.1) is 0 Å². The van der Waals surface area contributed by atoms with Crippen molar-refractivity contribution in [2.24, 2.45) is 5.92 Å². The first-order valence-corrected chi connectivity index (χ1v) is 7.93. The summed E-state index contributed by atoms with van der Waals surface area (Å²) >= 11 is 0. The Morgan fingerprint density at radius 1 is 1.00 bits per heavy atom. The Labute approximate surface area is 135 Å². The maximum absolute atomic E-state index is 11.4. The van der Waals surface area contributed by atoms with E-state index >= 15 is 0 Å². The molecule has 3 aromatic rings. The number of nitrogens with one attached hydrogen (secondary N) is 1. The fourth-order valence-electron chi connectivity index (χ4n) is 3.12. The van der Waals surface area contributed by atoms with Crippen LogP contribution in [-0.2, 0) is 11.3 Å². The fourth-order valence-corrected chi connectivity index (χ4v) is 3.12. The molecule has 3 rings (SSSR count). The zero-order chi connectivity index (χ0) is 16.4. The molecule has 3 nitrogen and oxygen atoms in total. The summed E-state index contributed by atoms with van der Waals surface area (Å²) in [5.74, 6) is -0.765. The Kier molecular flexibility index (Phi) is 4.30. The standard InChI is InChI=1S/C20H21NO2/c1-13(2)19(20(22)23)21-12-18-16-9-5-3-7-14(16)11-15-8-4-6-10-17(15)18/h3-11,13,19,21H,12H2,1-2H3,(H,22,23)/t19-/m0/s1. The molecular weight excluding hydrogens is 286 g/mol. The van der Waals surface area contributed by atoms with E-state index in [1.165, 1.54) is 21.5 Å². The third-order valence-corrected chi connectivity index (χ3v) is 4.31. The summed E-state index contributed by atoms with van der Waals surface area (Å²) in [5.41, 5.74) is 1.16. The molecule has 0 heterocycles. The summed E-state index contributed by atoms with van der Waals surface area (Å²) in [6.07, 6.45) is 0. The molecule has 0 aromatic heterocycles. The quantitative estimate of drug-likeness (QED) is 0.695. The average molecular weight is 307 g/mol. The Bertz CT molecular complexity index is 801. The molecule has 3 heteroatoms. The van der Waals surface area contributed by atoms with Gasteiger partial charge in [0.1, 0.15) is 6.04 Å². The summed E-state index contributed by atoms with van der Waals surface area (Å²) in [7, 11) is 0. The third-order valence-electron chi connectivity index (χ3n) is 4.31. The largest absolute Gasteiger partial charge is 0.480 e. The monoisotopic (exact) mass is 307 g/mol. The molecule has 2 N–H and O–H groups in total. The molecule has 0 bridgehead atoms. The van der Waals surface area contributed by atoms with Gasteiger partial charge in [-0.15, -0.1) is 0 Å². The second-order valence-corrected chi connectivity index (χ2v) is 6.24. The van der Waals surface area contributed by atoms with Crippen molar-refractivity contribution in [3.05, 3.63) is 60.2 Å². The molecular formula is C20H21NO2. The maximum Gasteiger partial charge on any atom is 0.320 e. The molecule has 1 atom stereocenters. The highest BCUT2D eigenvalue weighted by atomic mass is 16.4. The predicted octanol–water partition coefficient (Wildman–Crippen LogP) is 4.19. The molecule has 0 aliphatic heterocycles. The summed E-state index contributed by atoms with van der Waals surface area (Å²) in [5, 5.41) is 17.3. The highest BCUT2D eigenvalue weighted by Gasteiger charge is 2.21. The molecule has 0 saturated carbocycles. The lowest BCUT2D eigenvalue weighted by atomic mass is 9.96. The number of carboxylic acids is 1. The van der Waals surface area contributed by atoms with E-state index in [2.05, 4.69) is 35.6 Å². The zero-order valence-electron chi connectivity index (χ0n) is 13.4. The Morgan fingerprint density at radius 2 is 1.52 bits per heavy atom. The summed E-state index contributed by atoms with van der Waals surface area (Å²) in [6, 6.07) is 18.2. The van der Waals surface area contributed by atoms with E-state index in [-0.39, 0.29) is 5.92 Å². The average Bonchev–Trinajstić information content (AvgIpc) is 2.53. The van der Waals surface area contributed by atoms with Crippen LogP contribution < -0.4 is 5.32 Å². The van der Waals surface area contributed by atoms with Crippen LogP contribution in [0.2, 0.25) is 0 Å². The van der Waals surface area contributed by atoms with Crippen molar-refractivity contribution in [3.63, 3.8) is 0 Å². The van der Waals surface area contributed by atoms with Gasteiger partial charge in [0.25, 0.3) is 0 Å². The number of hydrogen-bond donors (Lipinski definition) is 2. The molecule has 0 amide bonds. The van der Waals surface area contributed by atoms with E-state index in [4.69, 9.17) is 0 Å². The van der Waals surface area contributed by atoms with E-state index in [1.54, 1.807) is 0 Å². The topological polar surface area (TPSA) is 49.3 Å². The molecule has 0 radical (unpaired) electrons. The predicted molar refractivity (Wildman–Crippen MR) is 94.6 cm³/mol. The van der Waals surface area contributed by atoms with Gasteiger partial charge >= 0.3 is 5.97 Å². The van der Waals surface area contributed by atoms with Gasteiger partial charge in [-0.25, -0.2) is 0 Å². The van der Waals surface area contributed by atoms with Crippen molar-refractivity contribution < 1.29 is 9.90 Å². The number of benzene rings is 3. The van der Waals surface area contributed by atoms with E-state index in [0.717, 1.165) is 5.56 Å². The number of aliphatic carboxylic acids is 1. The second-order valence-electron chi connectivity index (χ2n) is 6.24. The summed E-state index contributed by atoms with van der Waals surface area (Å²) < 4.78 is 0. The van der Waals surface area contributed by atoms with E-state index in [9.17, 15) is 9.90 Å². The lowest BCUT2D eigenvalue weighted by Crippen LogP contribution is -2.40. The van der Waals surface area contributed by atoms with Crippen LogP contribution in [0.3, 0.4) is 0 Å². The highest BCUT2D eigenvalue weighted by Crippen LogP contribution is 2.28. The van der Waals surface area contributed by atoms with Gasteiger partial charge in [-0.05, 0) is 39.1 Å². The number of carboxylic acid groups (broad SMARTS) is 1. The highest BCUT2D eigenvalue weighted by molar-refractivity contribution is 6.02. The van der Waals surface area contributed by atoms with Crippen molar-refractivity contribution in [1.82, 2.24) is 5.32 Å². The summed E-state index contributed by atoms with van der Waals surface area (Å²) in [4.78, 5) is 11.4. The Balaban J connectivity index is 2.08. The number of fused-ring (bicyclic) bond motifs is 2. The van der Waals surface area contributed by atoms with E-state index < -0.39 is 12.0 Å². The molecule has 118 valence electrons. The van der Waals surface area contributed by atoms with E-state index in [0.29, 0.717) is 6.54 Å². The smallest absolute Gasteiger partial charge is 0.320 e. The van der Waals surface area contributed by atoms with Crippen LogP contribution in [0.25, 0.3) is 21.5 Å². The van der Waals surface area contributed by atoms with Crippen molar-refractivity contribution in [2.45, 2.75) is 26.4 Å². The number of hydrogen-bond acceptors (Lipinski definition) is 2. The van der Waals surface area contributed by atoms with Gasteiger partial charge in [0.2, 0.25) is 0 Å². The first-order chi connectivity index (χ1) is 11.1. The normalized spacial score (nSPS) is 12.8. The van der Waals surface area contributed by atoms with Gasteiger partial charge in [-0.1, -0.05) is 62.4 Å². The van der Waals surface area contributed by atoms with Gasteiger partial charge in [0, 0.05) is 6.54 Å². The molecule has 0 spiro atoms. The van der Waals surface area contributed by atoms with Crippen LogP contribution in [0.15, 0.2) is 54.6 Å². The van der Waals surface area contributed by atoms with Crippen LogP contribution in [0, 0.1) is 5.92 Å². The Hall–Kier alpha value is -2.39. The minimum atomic E-state index is -0.801. The molecule has 3 aromatic carbocycles. The molecule has 23 heavy (non-hydrogen) atoms. The van der Waals surface area contributed by atoms with Gasteiger partial charge < -0.3 is 10.4 Å². The first-order valence-electron chi connectivity index (χ1n) is 7.93. The van der Waals surface area contributed by atoms with Crippen molar-refractivity contribution in [2.75, 3.05) is 0 Å². The second kappa shape index (κ2) is 6.39. The SMILES string of the molecule is CC(C)[C@H](NCc1c2ccccc2cc2ccccc12)C(=O)O. The lowest BCUT2D eigenvalue weighted by molar-refractivity contribution is -0.140. The first kappa shape index (κ1) is 15.5. The van der Waals surface area contributed by atoms with Gasteiger partial charge in [-0.3, -0.25) is 4.79 Å².